The van der Waals surface area contributed by atoms with E-state index in [4.69, 9.17) is 15.0 Å². The van der Waals surface area contributed by atoms with Gasteiger partial charge in [0.15, 0.2) is 17.3 Å². The summed E-state index contributed by atoms with van der Waals surface area (Å²) >= 11 is 0. The SMILES string of the molecule is c1ccc(-c2nc(-c3ccccc3)nc(-n3c4ccc5c(c6ccccc6n5-c5ccccc5)c4c4ccnnc43)n2)cc1. The second kappa shape index (κ2) is 9.68. The highest BCUT2D eigenvalue weighted by atomic mass is 15.2. The fraction of sp³-hybridized carbons (Fsp3) is 0. The van der Waals surface area contributed by atoms with Gasteiger partial charge in [0.2, 0.25) is 5.95 Å². The van der Waals surface area contributed by atoms with Crippen LogP contribution in [-0.2, 0) is 0 Å². The monoisotopic (exact) mass is 565 g/mol. The van der Waals surface area contributed by atoms with Crippen LogP contribution in [0.4, 0.5) is 0 Å². The minimum Gasteiger partial charge on any atom is -0.309 e. The number of aromatic nitrogens is 7. The molecule has 4 heterocycles. The van der Waals surface area contributed by atoms with E-state index in [-0.39, 0.29) is 0 Å². The summed E-state index contributed by atoms with van der Waals surface area (Å²) < 4.78 is 4.35. The predicted molar refractivity (Wildman–Crippen MR) is 175 cm³/mol. The van der Waals surface area contributed by atoms with Gasteiger partial charge in [0, 0.05) is 38.4 Å². The molecular weight excluding hydrogens is 542 g/mol. The van der Waals surface area contributed by atoms with E-state index in [0.29, 0.717) is 23.2 Å². The number of hydrogen-bond acceptors (Lipinski definition) is 5. The molecule has 0 aliphatic carbocycles. The first-order valence-corrected chi connectivity index (χ1v) is 14.5. The molecule has 0 aliphatic heterocycles. The zero-order chi connectivity index (χ0) is 29.0. The van der Waals surface area contributed by atoms with Crippen LogP contribution in [0.1, 0.15) is 0 Å². The van der Waals surface area contributed by atoms with Crippen LogP contribution >= 0.6 is 0 Å². The van der Waals surface area contributed by atoms with Crippen molar-refractivity contribution in [3.05, 3.63) is 140 Å². The van der Waals surface area contributed by atoms with Crippen molar-refractivity contribution in [2.45, 2.75) is 0 Å². The van der Waals surface area contributed by atoms with E-state index in [1.165, 1.54) is 5.39 Å². The van der Waals surface area contributed by atoms with E-state index in [0.717, 1.165) is 49.5 Å². The minimum atomic E-state index is 0.490. The lowest BCUT2D eigenvalue weighted by atomic mass is 10.1. The molecule has 0 saturated heterocycles. The second-order valence-corrected chi connectivity index (χ2v) is 10.7. The molecule has 9 rings (SSSR count). The summed E-state index contributed by atoms with van der Waals surface area (Å²) in [7, 11) is 0. The summed E-state index contributed by atoms with van der Waals surface area (Å²) in [5.74, 6) is 1.68. The zero-order valence-corrected chi connectivity index (χ0v) is 23.4. The first-order chi connectivity index (χ1) is 21.8. The predicted octanol–water partition coefficient (Wildman–Crippen LogP) is 8.19. The molecule has 206 valence electrons. The van der Waals surface area contributed by atoms with Crippen molar-refractivity contribution in [2.75, 3.05) is 0 Å². The van der Waals surface area contributed by atoms with Gasteiger partial charge in [-0.25, -0.2) is 4.98 Å². The quantitative estimate of drug-likeness (QED) is 0.215. The summed E-state index contributed by atoms with van der Waals surface area (Å²) in [6.07, 6.45) is 1.75. The van der Waals surface area contributed by atoms with Gasteiger partial charge < -0.3 is 4.57 Å². The molecule has 0 radical (unpaired) electrons. The van der Waals surface area contributed by atoms with Crippen LogP contribution in [-0.4, -0.2) is 34.3 Å². The lowest BCUT2D eigenvalue weighted by Crippen LogP contribution is -2.07. The Balaban J connectivity index is 1.41. The van der Waals surface area contributed by atoms with Gasteiger partial charge in [-0.15, -0.1) is 5.10 Å². The smallest absolute Gasteiger partial charge is 0.240 e. The van der Waals surface area contributed by atoms with Crippen LogP contribution in [0.3, 0.4) is 0 Å². The number of rotatable bonds is 4. The zero-order valence-electron chi connectivity index (χ0n) is 23.4. The normalized spacial score (nSPS) is 11.6. The number of benzene rings is 5. The Bertz CT molecular complexity index is 2420. The molecule has 5 aromatic carbocycles. The standard InChI is InChI=1S/C37H23N7/c1-4-12-24(13-5-1)34-39-35(25-14-6-2-7-15-25)41-37(40-34)44-31-21-20-30-32(33(31)28-22-23-38-42-36(28)44)27-18-10-11-19-29(27)43(30)26-16-8-3-9-17-26/h1-23H. The van der Waals surface area contributed by atoms with Crippen LogP contribution in [0.2, 0.25) is 0 Å². The second-order valence-electron chi connectivity index (χ2n) is 10.7. The molecule has 0 fully saturated rings. The Kier molecular flexibility index (Phi) is 5.36. The van der Waals surface area contributed by atoms with Gasteiger partial charge in [-0.1, -0.05) is 97.1 Å². The van der Waals surface area contributed by atoms with E-state index in [1.54, 1.807) is 6.20 Å². The van der Waals surface area contributed by atoms with Crippen LogP contribution in [0.25, 0.3) is 78.2 Å². The third-order valence-corrected chi connectivity index (χ3v) is 8.14. The molecule has 4 aromatic heterocycles. The highest BCUT2D eigenvalue weighted by Gasteiger charge is 2.23. The Hall–Kier alpha value is -6.21. The van der Waals surface area contributed by atoms with Crippen molar-refractivity contribution in [2.24, 2.45) is 0 Å². The average Bonchev–Trinajstić information content (AvgIpc) is 3.62. The molecule has 0 spiro atoms. The van der Waals surface area contributed by atoms with Gasteiger partial charge in [0.1, 0.15) is 0 Å². The average molecular weight is 566 g/mol. The van der Waals surface area contributed by atoms with Crippen molar-refractivity contribution < 1.29 is 0 Å². The van der Waals surface area contributed by atoms with Gasteiger partial charge in [-0.05, 0) is 36.4 Å². The number of nitrogens with zero attached hydrogens (tertiary/aromatic N) is 7. The number of para-hydroxylation sites is 2. The lowest BCUT2D eigenvalue weighted by Gasteiger charge is -2.10. The van der Waals surface area contributed by atoms with Gasteiger partial charge in [0.25, 0.3) is 0 Å². The Morgan fingerprint density at radius 2 is 1.00 bits per heavy atom. The summed E-state index contributed by atoms with van der Waals surface area (Å²) in [6, 6.07) is 45.4. The van der Waals surface area contributed by atoms with E-state index in [2.05, 4.69) is 75.4 Å². The van der Waals surface area contributed by atoms with Crippen LogP contribution in [0, 0.1) is 0 Å². The highest BCUT2D eigenvalue weighted by molar-refractivity contribution is 6.28. The van der Waals surface area contributed by atoms with Crippen LogP contribution in [0.15, 0.2) is 140 Å². The van der Waals surface area contributed by atoms with Crippen LogP contribution < -0.4 is 0 Å². The van der Waals surface area contributed by atoms with Crippen molar-refractivity contribution in [3.8, 4) is 34.4 Å². The molecule has 0 unspecified atom stereocenters. The first kappa shape index (κ1) is 24.4. The van der Waals surface area contributed by atoms with Crippen molar-refractivity contribution >= 4 is 43.7 Å². The summed E-state index contributed by atoms with van der Waals surface area (Å²) in [5.41, 5.74) is 6.83. The van der Waals surface area contributed by atoms with Gasteiger partial charge in [-0.3, -0.25) is 4.57 Å². The molecule has 44 heavy (non-hydrogen) atoms. The van der Waals surface area contributed by atoms with Crippen molar-refractivity contribution in [1.82, 2.24) is 34.3 Å². The molecular formula is C37H23N7. The molecule has 0 N–H and O–H groups in total. The highest BCUT2D eigenvalue weighted by Crippen LogP contribution is 2.41. The van der Waals surface area contributed by atoms with Crippen molar-refractivity contribution in [1.29, 1.82) is 0 Å². The molecule has 0 bridgehead atoms. The number of fused-ring (bicyclic) bond motifs is 7. The lowest BCUT2D eigenvalue weighted by molar-refractivity contribution is 0.927. The molecule has 0 amide bonds. The topological polar surface area (TPSA) is 74.3 Å². The van der Waals surface area contributed by atoms with E-state index in [1.807, 2.05) is 77.4 Å². The maximum Gasteiger partial charge on any atom is 0.240 e. The first-order valence-electron chi connectivity index (χ1n) is 14.5. The molecule has 0 aliphatic rings. The molecule has 0 saturated carbocycles. The third-order valence-electron chi connectivity index (χ3n) is 8.14. The number of hydrogen-bond donors (Lipinski definition) is 0. The van der Waals surface area contributed by atoms with Gasteiger partial charge in [-0.2, -0.15) is 15.1 Å². The molecule has 0 atom stereocenters. The maximum absolute atomic E-state index is 5.03. The van der Waals surface area contributed by atoms with Gasteiger partial charge >= 0.3 is 0 Å². The Morgan fingerprint density at radius 1 is 0.432 bits per heavy atom. The minimum absolute atomic E-state index is 0.490. The fourth-order valence-corrected chi connectivity index (χ4v) is 6.26. The summed E-state index contributed by atoms with van der Waals surface area (Å²) in [4.78, 5) is 15.0. The summed E-state index contributed by atoms with van der Waals surface area (Å²) in [5, 5.41) is 13.3. The van der Waals surface area contributed by atoms with E-state index in [9.17, 15) is 0 Å². The fourth-order valence-electron chi connectivity index (χ4n) is 6.26. The Labute approximate surface area is 251 Å². The third kappa shape index (κ3) is 3.66. The molecule has 7 nitrogen and oxygen atoms in total. The van der Waals surface area contributed by atoms with Crippen LogP contribution in [0.5, 0.6) is 0 Å². The molecule has 9 aromatic rings. The van der Waals surface area contributed by atoms with Gasteiger partial charge in [0.05, 0.1) is 22.7 Å². The largest absolute Gasteiger partial charge is 0.309 e. The molecule has 7 heteroatoms. The summed E-state index contributed by atoms with van der Waals surface area (Å²) in [6.45, 7) is 0. The Morgan fingerprint density at radius 3 is 1.68 bits per heavy atom. The van der Waals surface area contributed by atoms with E-state index >= 15 is 0 Å². The maximum atomic E-state index is 5.03. The van der Waals surface area contributed by atoms with E-state index < -0.39 is 0 Å². The van der Waals surface area contributed by atoms with Crippen molar-refractivity contribution in [3.63, 3.8) is 0 Å².